The third-order valence-electron chi connectivity index (χ3n) is 1.66. The molecule has 1 atom stereocenters. The van der Waals surface area contributed by atoms with E-state index in [2.05, 4.69) is 5.48 Å². The summed E-state index contributed by atoms with van der Waals surface area (Å²) in [6, 6.07) is 5.68. The van der Waals surface area contributed by atoms with E-state index in [1.807, 2.05) is 29.0 Å². The van der Waals surface area contributed by atoms with E-state index < -0.39 is 0 Å². The fourth-order valence-corrected chi connectivity index (χ4v) is 1.10. The highest BCUT2D eigenvalue weighted by Gasteiger charge is 2.28. The Labute approximate surface area is 64.0 Å². The van der Waals surface area contributed by atoms with Gasteiger partial charge in [-0.05, 0) is 6.07 Å². The van der Waals surface area contributed by atoms with Crippen molar-refractivity contribution in [1.82, 2.24) is 0 Å². The highest BCUT2D eigenvalue weighted by atomic mass is 16.7. The lowest BCUT2D eigenvalue weighted by Gasteiger charge is -1.98. The summed E-state index contributed by atoms with van der Waals surface area (Å²) in [7, 11) is 0. The third kappa shape index (κ3) is 0.961. The van der Waals surface area contributed by atoms with Crippen LogP contribution < -0.4 is 10.0 Å². The Balaban J connectivity index is 2.39. The first-order valence-electron chi connectivity index (χ1n) is 3.44. The maximum atomic E-state index is 8.83. The number of aromatic nitrogens is 1. The fourth-order valence-electron chi connectivity index (χ4n) is 1.10. The summed E-state index contributed by atoms with van der Waals surface area (Å²) in [4.78, 5) is 5.04. The summed E-state index contributed by atoms with van der Waals surface area (Å²) in [5.41, 5.74) is 2.70. The van der Waals surface area contributed by atoms with Crippen molar-refractivity contribution in [3.63, 3.8) is 0 Å². The molecule has 2 N–H and O–H groups in total. The van der Waals surface area contributed by atoms with Gasteiger partial charge in [0.15, 0.2) is 0 Å². The molecule has 2 heterocycles. The van der Waals surface area contributed by atoms with Crippen molar-refractivity contribution in [3.05, 3.63) is 24.4 Å². The normalized spacial score (nSPS) is 21.0. The number of aliphatic hydroxyl groups excluding tert-OH is 1. The van der Waals surface area contributed by atoms with Crippen molar-refractivity contribution in [3.8, 4) is 0 Å². The molecule has 1 aromatic heterocycles. The van der Waals surface area contributed by atoms with E-state index in [1.54, 1.807) is 0 Å². The molecule has 1 aliphatic rings. The molecular formula is C7H9N2O2+. The van der Waals surface area contributed by atoms with Gasteiger partial charge in [-0.1, -0.05) is 6.07 Å². The number of hydrogen-bond donors (Lipinski definition) is 2. The minimum Gasteiger partial charge on any atom is -0.389 e. The van der Waals surface area contributed by atoms with Crippen LogP contribution in [0, 0.1) is 0 Å². The molecule has 4 heteroatoms. The van der Waals surface area contributed by atoms with E-state index in [0.717, 1.165) is 5.82 Å². The van der Waals surface area contributed by atoms with Gasteiger partial charge in [-0.25, -0.2) is 0 Å². The van der Waals surface area contributed by atoms with Gasteiger partial charge in [-0.2, -0.15) is 4.57 Å². The Bertz CT molecular complexity index is 264. The lowest BCUT2D eigenvalue weighted by molar-refractivity contribution is -0.730. The van der Waals surface area contributed by atoms with Gasteiger partial charge in [0.1, 0.15) is 6.61 Å². The van der Waals surface area contributed by atoms with Crippen LogP contribution in [0.5, 0.6) is 0 Å². The number of nitrogens with zero attached hydrogens (tertiary/aromatic N) is 1. The number of fused-ring (bicyclic) bond motifs is 1. The Morgan fingerprint density at radius 3 is 3.36 bits per heavy atom. The van der Waals surface area contributed by atoms with Crippen molar-refractivity contribution in [2.45, 2.75) is 6.23 Å². The van der Waals surface area contributed by atoms with Gasteiger partial charge in [0, 0.05) is 6.07 Å². The summed E-state index contributed by atoms with van der Waals surface area (Å²) in [5, 5.41) is 8.83. The van der Waals surface area contributed by atoms with Crippen molar-refractivity contribution in [1.29, 1.82) is 0 Å². The summed E-state index contributed by atoms with van der Waals surface area (Å²) in [5.74, 6) is 0.867. The molecular weight excluding hydrogens is 144 g/mol. The van der Waals surface area contributed by atoms with Gasteiger partial charge in [0.2, 0.25) is 0 Å². The molecule has 0 radical (unpaired) electrons. The molecule has 11 heavy (non-hydrogen) atoms. The van der Waals surface area contributed by atoms with E-state index >= 15 is 0 Å². The van der Waals surface area contributed by atoms with Gasteiger partial charge in [0.25, 0.3) is 6.23 Å². The third-order valence-corrected chi connectivity index (χ3v) is 1.66. The zero-order valence-electron chi connectivity index (χ0n) is 5.90. The molecule has 0 saturated heterocycles. The zero-order valence-corrected chi connectivity index (χ0v) is 5.90. The average molecular weight is 153 g/mol. The number of pyridine rings is 1. The van der Waals surface area contributed by atoms with E-state index in [-0.39, 0.29) is 12.8 Å². The van der Waals surface area contributed by atoms with Crippen LogP contribution in [0.4, 0.5) is 5.82 Å². The summed E-state index contributed by atoms with van der Waals surface area (Å²) >= 11 is 0. The molecule has 0 aromatic carbocycles. The van der Waals surface area contributed by atoms with E-state index in [1.165, 1.54) is 0 Å². The zero-order chi connectivity index (χ0) is 7.68. The van der Waals surface area contributed by atoms with Crippen LogP contribution in [0.25, 0.3) is 0 Å². The maximum absolute atomic E-state index is 8.83. The highest BCUT2D eigenvalue weighted by Crippen LogP contribution is 2.12. The van der Waals surface area contributed by atoms with Crippen molar-refractivity contribution >= 4 is 5.82 Å². The van der Waals surface area contributed by atoms with Crippen LogP contribution in [-0.2, 0) is 4.84 Å². The fraction of sp³-hybridized carbons (Fsp3) is 0.286. The minimum atomic E-state index is -0.286. The minimum absolute atomic E-state index is 0.0192. The largest absolute Gasteiger partial charge is 0.389 e. The SMILES string of the molecule is OCC1ONc2cccc[n+]21. The second-order valence-electron chi connectivity index (χ2n) is 2.35. The predicted octanol–water partition coefficient (Wildman–Crippen LogP) is -0.178. The Morgan fingerprint density at radius 2 is 2.55 bits per heavy atom. The number of hydrogen-bond acceptors (Lipinski definition) is 3. The molecule has 1 aromatic rings. The van der Waals surface area contributed by atoms with Crippen molar-refractivity contribution in [2.75, 3.05) is 12.1 Å². The Hall–Kier alpha value is -1.13. The molecule has 0 spiro atoms. The highest BCUT2D eigenvalue weighted by molar-refractivity contribution is 5.25. The summed E-state index contributed by atoms with van der Waals surface area (Å²) in [6.07, 6.45) is 1.57. The van der Waals surface area contributed by atoms with E-state index in [0.29, 0.717) is 0 Å². The van der Waals surface area contributed by atoms with Gasteiger partial charge in [-0.3, -0.25) is 0 Å². The molecule has 1 aliphatic heterocycles. The smallest absolute Gasteiger partial charge is 0.307 e. The molecule has 58 valence electrons. The predicted molar refractivity (Wildman–Crippen MR) is 37.5 cm³/mol. The standard InChI is InChI=1S/C7H8N2O2/c10-5-7-9-4-2-1-3-6(9)8-11-7/h1-4,7,10H,5H2/p+1. The van der Waals surface area contributed by atoms with E-state index in [4.69, 9.17) is 9.94 Å². The number of nitrogens with one attached hydrogen (secondary N) is 1. The molecule has 0 amide bonds. The first-order chi connectivity index (χ1) is 5.42. The van der Waals surface area contributed by atoms with Crippen LogP contribution in [0.1, 0.15) is 6.23 Å². The number of rotatable bonds is 1. The summed E-state index contributed by atoms with van der Waals surface area (Å²) < 4.78 is 1.83. The Kier molecular flexibility index (Phi) is 1.48. The van der Waals surface area contributed by atoms with Crippen LogP contribution in [0.15, 0.2) is 24.4 Å². The quantitative estimate of drug-likeness (QED) is 0.550. The molecule has 2 rings (SSSR count). The number of anilines is 1. The Morgan fingerprint density at radius 1 is 1.64 bits per heavy atom. The van der Waals surface area contributed by atoms with Crippen molar-refractivity contribution in [2.24, 2.45) is 0 Å². The second kappa shape index (κ2) is 2.48. The number of aliphatic hydroxyl groups is 1. The summed E-state index contributed by atoms with van der Waals surface area (Å²) in [6.45, 7) is -0.0192. The van der Waals surface area contributed by atoms with Gasteiger partial charge >= 0.3 is 5.82 Å². The van der Waals surface area contributed by atoms with Crippen LogP contribution >= 0.6 is 0 Å². The molecule has 0 fully saturated rings. The molecule has 1 unspecified atom stereocenters. The van der Waals surface area contributed by atoms with Gasteiger partial charge < -0.3 is 5.11 Å². The van der Waals surface area contributed by atoms with Gasteiger partial charge in [-0.15, -0.1) is 10.3 Å². The molecule has 0 bridgehead atoms. The van der Waals surface area contributed by atoms with Crippen LogP contribution in [0.2, 0.25) is 0 Å². The molecule has 0 saturated carbocycles. The topological polar surface area (TPSA) is 45.4 Å². The monoisotopic (exact) mass is 153 g/mol. The lowest BCUT2D eigenvalue weighted by atomic mass is 10.4. The second-order valence-corrected chi connectivity index (χ2v) is 2.35. The van der Waals surface area contributed by atoms with Gasteiger partial charge in [0.05, 0.1) is 6.20 Å². The molecule has 4 nitrogen and oxygen atoms in total. The molecule has 0 aliphatic carbocycles. The average Bonchev–Trinajstić information content (AvgIpc) is 2.47. The first-order valence-corrected chi connectivity index (χ1v) is 3.44. The lowest BCUT2D eigenvalue weighted by Crippen LogP contribution is -2.37. The maximum Gasteiger partial charge on any atom is 0.307 e. The van der Waals surface area contributed by atoms with Crippen LogP contribution in [-0.4, -0.2) is 11.7 Å². The van der Waals surface area contributed by atoms with Crippen molar-refractivity contribution < 1.29 is 14.5 Å². The van der Waals surface area contributed by atoms with E-state index in [9.17, 15) is 0 Å². The van der Waals surface area contributed by atoms with Crippen LogP contribution in [0.3, 0.4) is 0 Å². The first kappa shape index (κ1) is 6.57.